The minimum absolute atomic E-state index is 0.0382. The van der Waals surface area contributed by atoms with E-state index in [-0.39, 0.29) is 18.3 Å². The molecule has 0 N–H and O–H groups in total. The first kappa shape index (κ1) is 16.3. The van der Waals surface area contributed by atoms with Crippen molar-refractivity contribution in [1.82, 2.24) is 9.38 Å². The number of fused-ring (bicyclic) bond motifs is 1. The molecule has 0 saturated heterocycles. The zero-order valence-electron chi connectivity index (χ0n) is 12.4. The first-order valence-electron chi connectivity index (χ1n) is 6.92. The number of ketones is 1. The summed E-state index contributed by atoms with van der Waals surface area (Å²) in [6.45, 7) is 1.59. The quantitative estimate of drug-likeness (QED) is 0.734. The van der Waals surface area contributed by atoms with Crippen molar-refractivity contribution in [2.24, 2.45) is 5.92 Å². The number of hydrogen-bond acceptors (Lipinski definition) is 3. The number of nitrogens with zero attached hydrogens (tertiary/aromatic N) is 2. The van der Waals surface area contributed by atoms with Gasteiger partial charge in [0.05, 0.1) is 12.8 Å². The summed E-state index contributed by atoms with van der Waals surface area (Å²) in [7, 11) is 0. The van der Waals surface area contributed by atoms with Gasteiger partial charge in [0, 0.05) is 24.6 Å². The van der Waals surface area contributed by atoms with E-state index in [2.05, 4.69) is 4.98 Å². The van der Waals surface area contributed by atoms with Crippen molar-refractivity contribution >= 4 is 11.4 Å². The molecule has 0 fully saturated rings. The van der Waals surface area contributed by atoms with Gasteiger partial charge >= 0.3 is 0 Å². The van der Waals surface area contributed by atoms with Crippen LogP contribution in [0.3, 0.4) is 0 Å². The molecule has 0 aliphatic rings. The zero-order valence-corrected chi connectivity index (χ0v) is 12.4. The molecule has 0 bridgehead atoms. The first-order chi connectivity index (χ1) is 10.3. The Balaban J connectivity index is 2.10. The Labute approximate surface area is 125 Å². The van der Waals surface area contributed by atoms with Crippen LogP contribution in [0, 0.1) is 5.92 Å². The monoisotopic (exact) mass is 314 g/mol. The lowest BCUT2D eigenvalue weighted by Crippen LogP contribution is -2.22. The second kappa shape index (κ2) is 6.37. The fourth-order valence-corrected chi connectivity index (χ4v) is 1.91. The van der Waals surface area contributed by atoms with E-state index in [9.17, 15) is 18.0 Å². The highest BCUT2D eigenvalue weighted by atomic mass is 19.3. The standard InChI is InChI=1S/C15H17F3N2O2/c1-10(2)14(21)12-8-19-13-7-11(3-5-20(12)13)22-6-4-15(17,18)9-16/h3,5,7-8,10H,4,6,9H2,1-2H3. The lowest BCUT2D eigenvalue weighted by atomic mass is 10.1. The summed E-state index contributed by atoms with van der Waals surface area (Å²) in [6.07, 6.45) is 2.37. The molecule has 0 radical (unpaired) electrons. The summed E-state index contributed by atoms with van der Waals surface area (Å²) < 4.78 is 44.3. The number of hydrogen-bond donors (Lipinski definition) is 0. The number of aromatic nitrogens is 2. The van der Waals surface area contributed by atoms with Crippen LogP contribution < -0.4 is 4.74 Å². The van der Waals surface area contributed by atoms with E-state index in [0.29, 0.717) is 17.1 Å². The molecule has 120 valence electrons. The lowest BCUT2D eigenvalue weighted by molar-refractivity contribution is -0.0389. The Morgan fingerprint density at radius 2 is 2.18 bits per heavy atom. The van der Waals surface area contributed by atoms with Gasteiger partial charge in [0.2, 0.25) is 0 Å². The maximum atomic E-state index is 12.8. The van der Waals surface area contributed by atoms with Crippen molar-refractivity contribution in [3.05, 3.63) is 30.2 Å². The van der Waals surface area contributed by atoms with Gasteiger partial charge in [-0.25, -0.2) is 18.2 Å². The summed E-state index contributed by atoms with van der Waals surface area (Å²) >= 11 is 0. The maximum absolute atomic E-state index is 12.8. The summed E-state index contributed by atoms with van der Waals surface area (Å²) in [4.78, 5) is 16.1. The molecule has 2 aromatic heterocycles. The van der Waals surface area contributed by atoms with Crippen molar-refractivity contribution in [3.63, 3.8) is 0 Å². The molecule has 2 rings (SSSR count). The van der Waals surface area contributed by atoms with E-state index in [1.165, 1.54) is 6.20 Å². The SMILES string of the molecule is CC(C)C(=O)c1cnc2cc(OCCC(F)(F)CF)ccn12. The van der Waals surface area contributed by atoms with Crippen LogP contribution in [-0.4, -0.2) is 34.4 Å². The van der Waals surface area contributed by atoms with Crippen molar-refractivity contribution < 1.29 is 22.7 Å². The Morgan fingerprint density at radius 1 is 1.45 bits per heavy atom. The maximum Gasteiger partial charge on any atom is 0.279 e. The second-order valence-corrected chi connectivity index (χ2v) is 5.34. The average molecular weight is 314 g/mol. The van der Waals surface area contributed by atoms with Crippen molar-refractivity contribution in [3.8, 4) is 5.75 Å². The zero-order chi connectivity index (χ0) is 16.3. The highest BCUT2D eigenvalue weighted by molar-refractivity contribution is 5.96. The normalized spacial score (nSPS) is 12.1. The van der Waals surface area contributed by atoms with Gasteiger partial charge < -0.3 is 4.74 Å². The van der Waals surface area contributed by atoms with Gasteiger partial charge in [0.15, 0.2) is 12.5 Å². The Kier molecular flexibility index (Phi) is 4.73. The van der Waals surface area contributed by atoms with E-state index >= 15 is 0 Å². The second-order valence-electron chi connectivity index (χ2n) is 5.34. The van der Waals surface area contributed by atoms with Crippen LogP contribution in [0.25, 0.3) is 5.65 Å². The van der Waals surface area contributed by atoms with Crippen LogP contribution >= 0.6 is 0 Å². The Hall–Kier alpha value is -2.05. The molecule has 0 unspecified atom stereocenters. The van der Waals surface area contributed by atoms with Crippen molar-refractivity contribution in [1.29, 1.82) is 0 Å². The average Bonchev–Trinajstić information content (AvgIpc) is 2.89. The topological polar surface area (TPSA) is 43.6 Å². The first-order valence-corrected chi connectivity index (χ1v) is 6.92. The van der Waals surface area contributed by atoms with Crippen LogP contribution in [0.4, 0.5) is 13.2 Å². The molecule has 2 aromatic rings. The lowest BCUT2D eigenvalue weighted by Gasteiger charge is -2.12. The number of ether oxygens (including phenoxy) is 1. The molecule has 0 aromatic carbocycles. The smallest absolute Gasteiger partial charge is 0.279 e. The van der Waals surface area contributed by atoms with E-state index in [4.69, 9.17) is 4.74 Å². The van der Waals surface area contributed by atoms with Gasteiger partial charge in [-0.05, 0) is 6.07 Å². The Bertz CT molecular complexity index is 668. The van der Waals surface area contributed by atoms with E-state index in [1.54, 1.807) is 36.6 Å². The molecule has 0 amide bonds. The number of carbonyl (C=O) groups is 1. The minimum Gasteiger partial charge on any atom is -0.493 e. The third-order valence-electron chi connectivity index (χ3n) is 3.19. The van der Waals surface area contributed by atoms with Crippen molar-refractivity contribution in [2.75, 3.05) is 13.3 Å². The molecule has 0 aliphatic carbocycles. The number of alkyl halides is 3. The van der Waals surface area contributed by atoms with Gasteiger partial charge in [-0.2, -0.15) is 0 Å². The Morgan fingerprint density at radius 3 is 2.82 bits per heavy atom. The number of carbonyl (C=O) groups excluding carboxylic acids is 1. The predicted octanol–water partition coefficient (Wildman–Crippen LogP) is 3.55. The molecule has 0 spiro atoms. The number of halogens is 3. The highest BCUT2D eigenvalue weighted by Crippen LogP contribution is 2.21. The molecular formula is C15H17F3N2O2. The van der Waals surface area contributed by atoms with Gasteiger partial charge in [-0.3, -0.25) is 9.20 Å². The third-order valence-corrected chi connectivity index (χ3v) is 3.19. The van der Waals surface area contributed by atoms with Crippen LogP contribution in [0.15, 0.2) is 24.5 Å². The van der Waals surface area contributed by atoms with E-state index in [0.717, 1.165) is 0 Å². The van der Waals surface area contributed by atoms with Gasteiger partial charge in [-0.1, -0.05) is 13.8 Å². The highest BCUT2D eigenvalue weighted by Gasteiger charge is 2.28. The summed E-state index contributed by atoms with van der Waals surface area (Å²) in [6, 6.07) is 3.10. The summed E-state index contributed by atoms with van der Waals surface area (Å²) in [5.74, 6) is -3.22. The van der Waals surface area contributed by atoms with Gasteiger partial charge in [-0.15, -0.1) is 0 Å². The fourth-order valence-electron chi connectivity index (χ4n) is 1.91. The van der Waals surface area contributed by atoms with Gasteiger partial charge in [0.1, 0.15) is 17.1 Å². The number of imidazole rings is 1. The number of Topliss-reactive ketones (excluding diaryl/α,β-unsaturated/α-hetero) is 1. The third kappa shape index (κ3) is 3.58. The molecule has 2 heterocycles. The summed E-state index contributed by atoms with van der Waals surface area (Å²) in [5.41, 5.74) is 0.944. The van der Waals surface area contributed by atoms with E-state index < -0.39 is 19.0 Å². The molecule has 7 heteroatoms. The molecule has 0 atom stereocenters. The molecular weight excluding hydrogens is 297 g/mol. The van der Waals surface area contributed by atoms with Crippen molar-refractivity contribution in [2.45, 2.75) is 26.2 Å². The largest absolute Gasteiger partial charge is 0.493 e. The predicted molar refractivity (Wildman–Crippen MR) is 75.4 cm³/mol. The van der Waals surface area contributed by atoms with Crippen LogP contribution in [0.5, 0.6) is 5.75 Å². The number of pyridine rings is 1. The molecule has 22 heavy (non-hydrogen) atoms. The molecule has 0 saturated carbocycles. The molecule has 4 nitrogen and oxygen atoms in total. The summed E-state index contributed by atoms with van der Waals surface area (Å²) in [5, 5.41) is 0. The fraction of sp³-hybridized carbons (Fsp3) is 0.467. The van der Waals surface area contributed by atoms with E-state index in [1.807, 2.05) is 0 Å². The van der Waals surface area contributed by atoms with Crippen LogP contribution in [0.1, 0.15) is 30.8 Å². The van der Waals surface area contributed by atoms with Crippen LogP contribution in [0.2, 0.25) is 0 Å². The van der Waals surface area contributed by atoms with Crippen LogP contribution in [-0.2, 0) is 0 Å². The van der Waals surface area contributed by atoms with Gasteiger partial charge in [0.25, 0.3) is 5.92 Å². The minimum atomic E-state index is -3.37. The molecule has 0 aliphatic heterocycles. The number of rotatable bonds is 7.